The van der Waals surface area contributed by atoms with Crippen LogP contribution in [0.4, 0.5) is 5.69 Å². The van der Waals surface area contributed by atoms with Crippen molar-refractivity contribution >= 4 is 34.2 Å². The number of aromatic carboxylic acids is 1. The molecule has 0 bridgehead atoms. The number of ether oxygens (including phenoxy) is 1. The number of benzene rings is 1. The van der Waals surface area contributed by atoms with Crippen molar-refractivity contribution < 1.29 is 14.6 Å². The van der Waals surface area contributed by atoms with Gasteiger partial charge in [0.15, 0.2) is 0 Å². The summed E-state index contributed by atoms with van der Waals surface area (Å²) >= 11 is 6.56. The summed E-state index contributed by atoms with van der Waals surface area (Å²) in [6.45, 7) is 4.85. The molecule has 0 amide bonds. The number of aryl methyl sites for hydroxylation is 1. The molecule has 6 nitrogen and oxygen atoms in total. The molecule has 7 heteroatoms. The predicted molar refractivity (Wildman–Crippen MR) is 96.2 cm³/mol. The molecule has 2 aliphatic heterocycles. The number of rotatable bonds is 2. The van der Waals surface area contributed by atoms with Gasteiger partial charge in [-0.2, -0.15) is 0 Å². The van der Waals surface area contributed by atoms with Crippen LogP contribution in [0.5, 0.6) is 0 Å². The number of hydrogen-bond acceptors (Lipinski definition) is 4. The standard InChI is InChI=1S/C18H19ClN2O4/c1-10-2-3-11-15-12(17(22)13(18(23)24)9-21(10)15)8-14(19)16(11)20-4-6-25-7-5-20/h8-10H,2-7H2,1H3,(H,23,24). The lowest BCUT2D eigenvalue weighted by atomic mass is 9.94. The molecule has 1 saturated heterocycles. The van der Waals surface area contributed by atoms with Crippen LogP contribution >= 0.6 is 11.6 Å². The minimum atomic E-state index is -1.21. The summed E-state index contributed by atoms with van der Waals surface area (Å²) in [6, 6.07) is 1.77. The second-order valence-corrected chi connectivity index (χ2v) is 7.06. The Labute approximate surface area is 149 Å². The maximum atomic E-state index is 12.7. The molecule has 3 heterocycles. The molecule has 0 spiro atoms. The van der Waals surface area contributed by atoms with Crippen LogP contribution in [0.2, 0.25) is 5.02 Å². The quantitative estimate of drug-likeness (QED) is 0.889. The lowest BCUT2D eigenvalue weighted by molar-refractivity contribution is 0.0694. The first-order valence-corrected chi connectivity index (χ1v) is 8.83. The van der Waals surface area contributed by atoms with Crippen molar-refractivity contribution in [2.45, 2.75) is 25.8 Å². The van der Waals surface area contributed by atoms with E-state index in [0.29, 0.717) is 23.6 Å². The third-order valence-electron chi connectivity index (χ3n) is 5.18. The molecule has 0 radical (unpaired) electrons. The number of anilines is 1. The van der Waals surface area contributed by atoms with Crippen LogP contribution in [0.25, 0.3) is 10.9 Å². The summed E-state index contributed by atoms with van der Waals surface area (Å²) in [5.74, 6) is -1.21. The van der Waals surface area contributed by atoms with Gasteiger partial charge in [0.05, 0.1) is 29.4 Å². The Bertz CT molecular complexity index is 931. The van der Waals surface area contributed by atoms with Gasteiger partial charge in [0.2, 0.25) is 5.43 Å². The summed E-state index contributed by atoms with van der Waals surface area (Å²) in [5, 5.41) is 10.3. The van der Waals surface area contributed by atoms with Crippen molar-refractivity contribution in [3.63, 3.8) is 0 Å². The molecule has 0 aliphatic carbocycles. The molecule has 2 aliphatic rings. The zero-order valence-electron chi connectivity index (χ0n) is 13.9. The summed E-state index contributed by atoms with van der Waals surface area (Å²) in [5.41, 5.74) is 2.14. The van der Waals surface area contributed by atoms with E-state index in [0.717, 1.165) is 42.7 Å². The Balaban J connectivity index is 2.06. The van der Waals surface area contributed by atoms with Crippen molar-refractivity contribution in [2.24, 2.45) is 0 Å². The first-order valence-electron chi connectivity index (χ1n) is 8.45. The SMILES string of the molecule is CC1CCc2c(N3CCOCC3)c(Cl)cc3c(=O)c(C(=O)O)cn1c23. The van der Waals surface area contributed by atoms with E-state index in [4.69, 9.17) is 16.3 Å². The fourth-order valence-electron chi connectivity index (χ4n) is 3.92. The molecule has 1 aromatic carbocycles. The summed E-state index contributed by atoms with van der Waals surface area (Å²) < 4.78 is 7.36. The van der Waals surface area contributed by atoms with Crippen molar-refractivity contribution in [3.05, 3.63) is 38.6 Å². The van der Waals surface area contributed by atoms with Gasteiger partial charge in [-0.3, -0.25) is 4.79 Å². The van der Waals surface area contributed by atoms with Crippen LogP contribution in [0.1, 0.15) is 35.3 Å². The van der Waals surface area contributed by atoms with Gasteiger partial charge in [-0.1, -0.05) is 11.6 Å². The molecule has 1 fully saturated rings. The number of pyridine rings is 1. The highest BCUT2D eigenvalue weighted by Gasteiger charge is 2.28. The van der Waals surface area contributed by atoms with Crippen LogP contribution in [0.15, 0.2) is 17.1 Å². The normalized spacial score (nSPS) is 20.1. The zero-order chi connectivity index (χ0) is 17.7. The number of halogens is 1. The summed E-state index contributed by atoms with van der Waals surface area (Å²) in [4.78, 5) is 26.4. The van der Waals surface area contributed by atoms with Gasteiger partial charge < -0.3 is 19.3 Å². The Morgan fingerprint density at radius 1 is 1.36 bits per heavy atom. The predicted octanol–water partition coefficient (Wildman–Crippen LogP) is 2.70. The van der Waals surface area contributed by atoms with E-state index in [1.54, 1.807) is 6.07 Å². The number of aromatic nitrogens is 1. The molecule has 1 atom stereocenters. The van der Waals surface area contributed by atoms with E-state index >= 15 is 0 Å². The van der Waals surface area contributed by atoms with Crippen LogP contribution in [-0.4, -0.2) is 41.9 Å². The third-order valence-corrected chi connectivity index (χ3v) is 5.47. The number of morpholine rings is 1. The first-order chi connectivity index (χ1) is 12.0. The van der Waals surface area contributed by atoms with E-state index < -0.39 is 11.4 Å². The number of hydrogen-bond donors (Lipinski definition) is 1. The Hall–Kier alpha value is -2.05. The van der Waals surface area contributed by atoms with Crippen molar-refractivity contribution in [1.29, 1.82) is 0 Å². The van der Waals surface area contributed by atoms with Crippen LogP contribution < -0.4 is 10.3 Å². The topological polar surface area (TPSA) is 71.8 Å². The first kappa shape index (κ1) is 16.4. The number of carbonyl (C=O) groups is 1. The van der Waals surface area contributed by atoms with Gasteiger partial charge in [0, 0.05) is 36.3 Å². The van der Waals surface area contributed by atoms with E-state index in [-0.39, 0.29) is 11.6 Å². The number of carboxylic acid groups (broad SMARTS) is 1. The molecular weight excluding hydrogens is 344 g/mol. The van der Waals surface area contributed by atoms with E-state index in [2.05, 4.69) is 4.90 Å². The highest BCUT2D eigenvalue weighted by molar-refractivity contribution is 6.34. The summed E-state index contributed by atoms with van der Waals surface area (Å²) in [7, 11) is 0. The molecule has 2 aromatic rings. The van der Waals surface area contributed by atoms with E-state index in [1.807, 2.05) is 11.5 Å². The van der Waals surface area contributed by atoms with Crippen LogP contribution in [0.3, 0.4) is 0 Å². The molecule has 25 heavy (non-hydrogen) atoms. The maximum Gasteiger partial charge on any atom is 0.341 e. The molecular formula is C18H19ClN2O4. The summed E-state index contributed by atoms with van der Waals surface area (Å²) in [6.07, 6.45) is 3.18. The Morgan fingerprint density at radius 2 is 2.08 bits per heavy atom. The van der Waals surface area contributed by atoms with Crippen LogP contribution in [0, 0.1) is 0 Å². The molecule has 132 valence electrons. The van der Waals surface area contributed by atoms with Crippen molar-refractivity contribution in [3.8, 4) is 0 Å². The smallest absolute Gasteiger partial charge is 0.341 e. The zero-order valence-corrected chi connectivity index (χ0v) is 14.7. The van der Waals surface area contributed by atoms with Gasteiger partial charge in [0.25, 0.3) is 0 Å². The Kier molecular flexibility index (Phi) is 3.96. The van der Waals surface area contributed by atoms with Gasteiger partial charge in [-0.25, -0.2) is 4.79 Å². The maximum absolute atomic E-state index is 12.7. The number of carboxylic acids is 1. The lowest BCUT2D eigenvalue weighted by Gasteiger charge is -2.35. The van der Waals surface area contributed by atoms with E-state index in [9.17, 15) is 14.7 Å². The fraction of sp³-hybridized carbons (Fsp3) is 0.444. The van der Waals surface area contributed by atoms with Crippen molar-refractivity contribution in [2.75, 3.05) is 31.2 Å². The lowest BCUT2D eigenvalue weighted by Crippen LogP contribution is -2.37. The van der Waals surface area contributed by atoms with Crippen LogP contribution in [-0.2, 0) is 11.2 Å². The second kappa shape index (κ2) is 6.04. The average molecular weight is 363 g/mol. The molecule has 4 rings (SSSR count). The van der Waals surface area contributed by atoms with Gasteiger partial charge in [-0.05, 0) is 25.8 Å². The van der Waals surface area contributed by atoms with Gasteiger partial charge in [0.1, 0.15) is 5.56 Å². The average Bonchev–Trinajstić information content (AvgIpc) is 2.60. The highest BCUT2D eigenvalue weighted by atomic mass is 35.5. The minimum Gasteiger partial charge on any atom is -0.477 e. The second-order valence-electron chi connectivity index (χ2n) is 6.65. The Morgan fingerprint density at radius 3 is 2.76 bits per heavy atom. The molecule has 1 aromatic heterocycles. The third kappa shape index (κ3) is 2.51. The minimum absolute atomic E-state index is 0.132. The highest BCUT2D eigenvalue weighted by Crippen LogP contribution is 2.40. The van der Waals surface area contributed by atoms with E-state index in [1.165, 1.54) is 6.20 Å². The largest absolute Gasteiger partial charge is 0.477 e. The molecule has 0 saturated carbocycles. The monoisotopic (exact) mass is 362 g/mol. The van der Waals surface area contributed by atoms with Gasteiger partial charge >= 0.3 is 5.97 Å². The number of nitrogens with zero attached hydrogens (tertiary/aromatic N) is 2. The molecule has 1 unspecified atom stereocenters. The van der Waals surface area contributed by atoms with Crippen molar-refractivity contribution in [1.82, 2.24) is 4.57 Å². The molecule has 1 N–H and O–H groups in total. The van der Waals surface area contributed by atoms with Gasteiger partial charge in [-0.15, -0.1) is 0 Å². The fourth-order valence-corrected chi connectivity index (χ4v) is 4.26.